The summed E-state index contributed by atoms with van der Waals surface area (Å²) in [5, 5.41) is 2.69. The third-order valence-corrected chi connectivity index (χ3v) is 14.1. The molecule has 4 saturated carbocycles. The normalized spacial score (nSPS) is 22.7. The van der Waals surface area contributed by atoms with Crippen LogP contribution in [0.2, 0.25) is 0 Å². The minimum Gasteiger partial charge on any atom is -0.228 e. The molecule has 2 nitrogen and oxygen atoms in total. The van der Waals surface area contributed by atoms with Crippen molar-refractivity contribution in [1.29, 1.82) is 0 Å². The van der Waals surface area contributed by atoms with Gasteiger partial charge in [-0.1, -0.05) is 146 Å². The zero-order valence-electron chi connectivity index (χ0n) is 31.4. The van der Waals surface area contributed by atoms with Gasteiger partial charge in [0.15, 0.2) is 5.82 Å². The standard InChI is InChI=1S/C54H42N2/c1-3-13-36(14-4-1)38-19-11-20-41(30-38)50-33-51(56-53(55-50)37-15-5-2-6-16-37)45-22-10-9-21-44(45)46-23-12-24-48-52(46)47-31-39-17-7-8-18-40(39)32-49(47)54(48)42-26-34-25-35(28-42)29-43(54)27-34/h1-24,30-35,42-43H,25-29H2. The van der Waals surface area contributed by atoms with Gasteiger partial charge >= 0.3 is 0 Å². The van der Waals surface area contributed by atoms with Gasteiger partial charge in [0, 0.05) is 22.1 Å². The van der Waals surface area contributed by atoms with Crippen LogP contribution in [0.5, 0.6) is 0 Å². The predicted octanol–water partition coefficient (Wildman–Crippen LogP) is 13.7. The second-order valence-corrected chi connectivity index (χ2v) is 17.0. The second kappa shape index (κ2) is 12.4. The van der Waals surface area contributed by atoms with Crippen LogP contribution in [-0.4, -0.2) is 9.97 Å². The highest BCUT2D eigenvalue weighted by atomic mass is 14.9. The number of aromatic nitrogens is 2. The van der Waals surface area contributed by atoms with Crippen LogP contribution in [0.4, 0.5) is 0 Å². The van der Waals surface area contributed by atoms with Crippen LogP contribution in [0, 0.1) is 23.7 Å². The lowest BCUT2D eigenvalue weighted by Crippen LogP contribution is -2.55. The minimum atomic E-state index is 0.0827. The summed E-state index contributed by atoms with van der Waals surface area (Å²) in [4.78, 5) is 10.6. The molecular formula is C54H42N2. The highest BCUT2D eigenvalue weighted by Gasteiger charge is 2.61. The van der Waals surface area contributed by atoms with Crippen molar-refractivity contribution in [3.05, 3.63) is 181 Å². The van der Waals surface area contributed by atoms with Gasteiger partial charge in [-0.2, -0.15) is 0 Å². The Morgan fingerprint density at radius 1 is 0.375 bits per heavy atom. The van der Waals surface area contributed by atoms with E-state index in [2.05, 4.69) is 170 Å². The van der Waals surface area contributed by atoms with E-state index in [0.717, 1.165) is 45.7 Å². The van der Waals surface area contributed by atoms with E-state index in [1.54, 1.807) is 11.1 Å². The summed E-state index contributed by atoms with van der Waals surface area (Å²) in [7, 11) is 0. The van der Waals surface area contributed by atoms with E-state index in [4.69, 9.17) is 9.97 Å². The molecule has 7 aromatic carbocycles. The predicted molar refractivity (Wildman–Crippen MR) is 230 cm³/mol. The smallest absolute Gasteiger partial charge is 0.160 e. The van der Waals surface area contributed by atoms with Gasteiger partial charge in [0.05, 0.1) is 11.4 Å². The zero-order valence-corrected chi connectivity index (χ0v) is 31.4. The number of hydrogen-bond donors (Lipinski definition) is 0. The summed E-state index contributed by atoms with van der Waals surface area (Å²) in [6.07, 6.45) is 6.94. The Hall–Kier alpha value is -6.12. The van der Waals surface area contributed by atoms with Crippen LogP contribution < -0.4 is 0 Å². The molecule has 5 aliphatic rings. The highest BCUT2D eigenvalue weighted by molar-refractivity contribution is 6.01. The Labute approximate surface area is 329 Å². The fourth-order valence-electron chi connectivity index (χ4n) is 12.0. The number of hydrogen-bond acceptors (Lipinski definition) is 2. The topological polar surface area (TPSA) is 25.8 Å². The Bertz CT molecular complexity index is 2790. The number of benzene rings is 7. The number of fused-ring (bicyclic) bond motifs is 4. The number of nitrogens with zero attached hydrogens (tertiary/aromatic N) is 2. The Morgan fingerprint density at radius 3 is 1.70 bits per heavy atom. The lowest BCUT2D eigenvalue weighted by Gasteiger charge is -2.61. The van der Waals surface area contributed by atoms with Crippen molar-refractivity contribution >= 4 is 10.8 Å². The average molecular weight is 719 g/mol. The molecule has 8 aromatic rings. The maximum atomic E-state index is 5.38. The van der Waals surface area contributed by atoms with Gasteiger partial charge in [0.2, 0.25) is 0 Å². The van der Waals surface area contributed by atoms with E-state index in [-0.39, 0.29) is 5.41 Å². The molecule has 0 radical (unpaired) electrons. The van der Waals surface area contributed by atoms with E-state index in [0.29, 0.717) is 11.8 Å². The minimum absolute atomic E-state index is 0.0827. The molecule has 0 amide bonds. The van der Waals surface area contributed by atoms with Crippen LogP contribution in [0.15, 0.2) is 170 Å². The van der Waals surface area contributed by atoms with E-state index >= 15 is 0 Å². The number of rotatable bonds is 5. The second-order valence-electron chi connectivity index (χ2n) is 17.0. The maximum Gasteiger partial charge on any atom is 0.160 e. The van der Waals surface area contributed by atoms with Crippen molar-refractivity contribution in [3.8, 4) is 67.3 Å². The summed E-state index contributed by atoms with van der Waals surface area (Å²) in [5.41, 5.74) is 16.1. The van der Waals surface area contributed by atoms with Gasteiger partial charge in [-0.15, -0.1) is 0 Å². The molecule has 1 aromatic heterocycles. The summed E-state index contributed by atoms with van der Waals surface area (Å²) in [6, 6.07) is 62.4. The van der Waals surface area contributed by atoms with Gasteiger partial charge in [0.1, 0.15) is 0 Å². The molecule has 268 valence electrons. The van der Waals surface area contributed by atoms with Gasteiger partial charge in [-0.05, 0) is 135 Å². The van der Waals surface area contributed by atoms with Crippen LogP contribution in [0.3, 0.4) is 0 Å². The van der Waals surface area contributed by atoms with Crippen molar-refractivity contribution in [1.82, 2.24) is 9.97 Å². The molecule has 0 atom stereocenters. The summed E-state index contributed by atoms with van der Waals surface area (Å²) in [5.74, 6) is 3.95. The van der Waals surface area contributed by atoms with Crippen LogP contribution in [0.25, 0.3) is 78.1 Å². The van der Waals surface area contributed by atoms with E-state index in [9.17, 15) is 0 Å². The van der Waals surface area contributed by atoms with E-state index < -0.39 is 0 Å². The summed E-state index contributed by atoms with van der Waals surface area (Å²) in [6.45, 7) is 0. The summed E-state index contributed by atoms with van der Waals surface area (Å²) < 4.78 is 0. The van der Waals surface area contributed by atoms with Gasteiger partial charge in [0.25, 0.3) is 0 Å². The quantitative estimate of drug-likeness (QED) is 0.177. The molecule has 5 aliphatic carbocycles. The van der Waals surface area contributed by atoms with Crippen molar-refractivity contribution in [3.63, 3.8) is 0 Å². The molecule has 2 heteroatoms. The summed E-state index contributed by atoms with van der Waals surface area (Å²) >= 11 is 0. The highest BCUT2D eigenvalue weighted by Crippen LogP contribution is 2.70. The first-order valence-electron chi connectivity index (χ1n) is 20.6. The van der Waals surface area contributed by atoms with Crippen LogP contribution in [0.1, 0.15) is 43.2 Å². The largest absolute Gasteiger partial charge is 0.228 e. The van der Waals surface area contributed by atoms with Gasteiger partial charge in [-0.25, -0.2) is 9.97 Å². The molecule has 1 heterocycles. The van der Waals surface area contributed by atoms with Crippen LogP contribution >= 0.6 is 0 Å². The third-order valence-electron chi connectivity index (χ3n) is 14.1. The van der Waals surface area contributed by atoms with E-state index in [1.165, 1.54) is 76.3 Å². The first kappa shape index (κ1) is 32.2. The first-order valence-corrected chi connectivity index (χ1v) is 20.6. The lowest BCUT2D eigenvalue weighted by molar-refractivity contribution is -0.0398. The lowest BCUT2D eigenvalue weighted by atomic mass is 9.43. The molecule has 0 N–H and O–H groups in total. The fraction of sp³-hybridized carbons (Fsp3) is 0.185. The Kier molecular flexibility index (Phi) is 7.15. The zero-order chi connectivity index (χ0) is 36.8. The maximum absolute atomic E-state index is 5.38. The van der Waals surface area contributed by atoms with Crippen molar-refractivity contribution in [2.24, 2.45) is 23.7 Å². The first-order chi connectivity index (χ1) is 27.7. The molecule has 0 unspecified atom stereocenters. The SMILES string of the molecule is c1ccc(-c2cccc(-c3cc(-c4ccccc4-c4cccc5c4-c4cc6ccccc6cc4C54C5CC6CC(C5)CC4C6)nc(-c4ccccc4)n3)c2)cc1. The van der Waals surface area contributed by atoms with Crippen molar-refractivity contribution in [2.75, 3.05) is 0 Å². The average Bonchev–Trinajstić information content (AvgIpc) is 3.54. The molecule has 13 rings (SSSR count). The Balaban J connectivity index is 1.08. The monoisotopic (exact) mass is 718 g/mol. The fourth-order valence-corrected chi connectivity index (χ4v) is 12.0. The Morgan fingerprint density at radius 2 is 0.946 bits per heavy atom. The molecule has 4 bridgehead atoms. The third kappa shape index (κ3) is 4.81. The molecule has 4 fully saturated rings. The molecular weight excluding hydrogens is 677 g/mol. The van der Waals surface area contributed by atoms with Crippen molar-refractivity contribution < 1.29 is 0 Å². The molecule has 56 heavy (non-hydrogen) atoms. The molecule has 1 spiro atoms. The van der Waals surface area contributed by atoms with Crippen molar-refractivity contribution in [2.45, 2.75) is 37.5 Å². The molecule has 0 aliphatic heterocycles. The van der Waals surface area contributed by atoms with Gasteiger partial charge in [-0.3, -0.25) is 0 Å². The molecule has 0 saturated heterocycles. The van der Waals surface area contributed by atoms with Gasteiger partial charge < -0.3 is 0 Å². The van der Waals surface area contributed by atoms with Crippen LogP contribution in [-0.2, 0) is 5.41 Å². The van der Waals surface area contributed by atoms with E-state index in [1.807, 2.05) is 0 Å².